The van der Waals surface area contributed by atoms with Crippen molar-refractivity contribution in [3.05, 3.63) is 73.6 Å². The number of carbonyl (C=O) groups excluding carboxylic acids is 4. The highest BCUT2D eigenvalue weighted by atomic mass is 32.2. The second-order valence-electron chi connectivity index (χ2n) is 8.29. The number of β-lactam (4-membered cyclic amide) rings is 1. The van der Waals surface area contributed by atoms with Crippen LogP contribution in [0.25, 0.3) is 0 Å². The number of hydrogen-bond donors (Lipinski definition) is 1. The van der Waals surface area contributed by atoms with Gasteiger partial charge in [-0.25, -0.2) is 4.79 Å². The Morgan fingerprint density at radius 3 is 2.53 bits per heavy atom. The first-order valence-corrected chi connectivity index (χ1v) is 13.1. The summed E-state index contributed by atoms with van der Waals surface area (Å²) in [6, 6.07) is 8.03. The van der Waals surface area contributed by atoms with Gasteiger partial charge in [0.15, 0.2) is 6.04 Å². The molecule has 2 amide bonds. The molecule has 12 nitrogen and oxygen atoms in total. The molecule has 1 N–H and O–H groups in total. The third-order valence-electron chi connectivity index (χ3n) is 5.83. The molecule has 4 rings (SSSR count). The van der Waals surface area contributed by atoms with Crippen molar-refractivity contribution in [2.24, 2.45) is 0 Å². The molecule has 2 atom stereocenters. The number of benzene rings is 1. The van der Waals surface area contributed by atoms with E-state index >= 15 is 0 Å². The van der Waals surface area contributed by atoms with Gasteiger partial charge in [-0.3, -0.25) is 29.4 Å². The summed E-state index contributed by atoms with van der Waals surface area (Å²) in [7, 11) is 1.36. The number of rotatable bonds is 10. The van der Waals surface area contributed by atoms with E-state index in [1.165, 1.54) is 61.4 Å². The van der Waals surface area contributed by atoms with Gasteiger partial charge in [0, 0.05) is 42.4 Å². The van der Waals surface area contributed by atoms with E-state index in [0.717, 1.165) is 9.78 Å². The third-order valence-corrected chi connectivity index (χ3v) is 8.20. The number of thioether (sulfide) groups is 1. The number of carbonyl (C=O) groups is 4. The zero-order valence-electron chi connectivity index (χ0n) is 20.3. The van der Waals surface area contributed by atoms with E-state index in [1.807, 2.05) is 17.5 Å². The van der Waals surface area contributed by atoms with Gasteiger partial charge in [-0.05, 0) is 29.1 Å². The minimum Gasteiger partial charge on any atom is -0.461 e. The molecule has 0 bridgehead atoms. The Morgan fingerprint density at radius 1 is 1.18 bits per heavy atom. The van der Waals surface area contributed by atoms with Crippen LogP contribution in [0.4, 0.5) is 5.69 Å². The van der Waals surface area contributed by atoms with Gasteiger partial charge in [0.2, 0.25) is 11.0 Å². The molecule has 1 unspecified atom stereocenters. The lowest BCUT2D eigenvalue weighted by Crippen LogP contribution is -2.79. The lowest BCUT2D eigenvalue weighted by atomic mass is 9.99. The van der Waals surface area contributed by atoms with Crippen LogP contribution in [-0.4, -0.2) is 64.1 Å². The molecule has 1 aromatic carbocycles. The van der Waals surface area contributed by atoms with Crippen LogP contribution >= 0.6 is 23.1 Å². The highest BCUT2D eigenvalue weighted by Crippen LogP contribution is 2.50. The predicted octanol–water partition coefficient (Wildman–Crippen LogP) is 2.13. The molecule has 200 valence electrons. The number of ether oxygens (including phenoxy) is 3. The number of nitro benzene ring substituents is 1. The number of nitro groups is 1. The highest BCUT2D eigenvalue weighted by Gasteiger charge is 2.66. The van der Waals surface area contributed by atoms with Gasteiger partial charge >= 0.3 is 11.9 Å². The molecule has 0 saturated carbocycles. The number of fused-ring (bicyclic) bond motifs is 1. The molecular formula is C24H23N3O9S2. The van der Waals surface area contributed by atoms with E-state index in [9.17, 15) is 29.3 Å². The minimum atomic E-state index is -1.40. The summed E-state index contributed by atoms with van der Waals surface area (Å²) in [5.74, 6) is -2.24. The van der Waals surface area contributed by atoms with Crippen molar-refractivity contribution in [1.29, 1.82) is 0 Å². The van der Waals surface area contributed by atoms with E-state index in [1.54, 1.807) is 0 Å². The van der Waals surface area contributed by atoms with Gasteiger partial charge in [0.1, 0.15) is 18.9 Å². The Balaban J connectivity index is 1.55. The molecule has 0 spiro atoms. The van der Waals surface area contributed by atoms with Crippen LogP contribution in [0.15, 0.2) is 53.0 Å². The Labute approximate surface area is 225 Å². The minimum absolute atomic E-state index is 0.0869. The van der Waals surface area contributed by atoms with E-state index in [2.05, 4.69) is 5.32 Å². The van der Waals surface area contributed by atoms with Gasteiger partial charge in [-0.1, -0.05) is 17.8 Å². The Bertz CT molecular complexity index is 1290. The van der Waals surface area contributed by atoms with Crippen LogP contribution in [0.3, 0.4) is 0 Å². The van der Waals surface area contributed by atoms with Crippen LogP contribution in [0.1, 0.15) is 17.4 Å². The summed E-state index contributed by atoms with van der Waals surface area (Å²) >= 11 is 2.59. The molecule has 1 fully saturated rings. The molecule has 2 aromatic rings. The molecule has 14 heteroatoms. The number of amides is 2. The quantitative estimate of drug-likeness (QED) is 0.197. The standard InChI is InChI=1S/C24H23N3O9S2/c1-14(28)35-12-16-13-38-24(34-2)21(25-19(29)10-18-4-3-9-37-18)22(30)26(24)20(16)23(31)36-11-15-5-7-17(8-6-15)27(32)33/h3-9,21H,10-13H2,1-2H3,(H,25,29)/t21?,24-/m1/s1. The van der Waals surface area contributed by atoms with Crippen LogP contribution in [0, 0.1) is 10.1 Å². The Morgan fingerprint density at radius 2 is 1.92 bits per heavy atom. The van der Waals surface area contributed by atoms with E-state index in [-0.39, 0.29) is 42.7 Å². The lowest BCUT2D eigenvalue weighted by molar-refractivity contribution is -0.384. The maximum atomic E-state index is 13.3. The number of methoxy groups -OCH3 is 1. The largest absolute Gasteiger partial charge is 0.461 e. The van der Waals surface area contributed by atoms with E-state index < -0.39 is 33.9 Å². The first kappa shape index (κ1) is 27.3. The third kappa shape index (κ3) is 5.42. The van der Waals surface area contributed by atoms with Gasteiger partial charge in [0.25, 0.3) is 11.6 Å². The summed E-state index contributed by atoms with van der Waals surface area (Å²) in [4.78, 5) is 62.9. The topological polar surface area (TPSA) is 154 Å². The van der Waals surface area contributed by atoms with Gasteiger partial charge in [-0.2, -0.15) is 0 Å². The molecule has 2 aliphatic heterocycles. The summed E-state index contributed by atoms with van der Waals surface area (Å²) in [5, 5.41) is 14.0. The molecule has 1 aromatic heterocycles. The number of esters is 2. The summed E-state index contributed by atoms with van der Waals surface area (Å²) in [6.45, 7) is 0.747. The van der Waals surface area contributed by atoms with Crippen molar-refractivity contribution in [2.75, 3.05) is 19.5 Å². The van der Waals surface area contributed by atoms with Gasteiger partial charge in [0.05, 0.1) is 11.3 Å². The fraction of sp³-hybridized carbons (Fsp3) is 0.333. The SMILES string of the molecule is CO[C@]12SCC(COC(C)=O)=C(C(=O)OCc3ccc([N+](=O)[O-])cc3)N1C(=O)C2NC(=O)Cc1cccs1. The zero-order chi connectivity index (χ0) is 27.4. The van der Waals surface area contributed by atoms with Crippen molar-refractivity contribution in [3.63, 3.8) is 0 Å². The second kappa shape index (κ2) is 11.3. The van der Waals surface area contributed by atoms with E-state index in [4.69, 9.17) is 14.2 Å². The number of hydrogen-bond acceptors (Lipinski definition) is 11. The van der Waals surface area contributed by atoms with Crippen molar-refractivity contribution in [1.82, 2.24) is 10.2 Å². The molecular weight excluding hydrogens is 538 g/mol. The normalized spacial score (nSPS) is 20.3. The fourth-order valence-electron chi connectivity index (χ4n) is 4.00. The summed E-state index contributed by atoms with van der Waals surface area (Å²) in [6.07, 6.45) is 0.0869. The Hall–Kier alpha value is -3.75. The van der Waals surface area contributed by atoms with E-state index in [0.29, 0.717) is 11.1 Å². The predicted molar refractivity (Wildman–Crippen MR) is 136 cm³/mol. The molecule has 3 heterocycles. The monoisotopic (exact) mass is 561 g/mol. The zero-order valence-corrected chi connectivity index (χ0v) is 22.0. The van der Waals surface area contributed by atoms with Gasteiger partial charge in [-0.15, -0.1) is 11.3 Å². The Kier molecular flexibility index (Phi) is 8.14. The van der Waals surface area contributed by atoms with Crippen molar-refractivity contribution in [3.8, 4) is 0 Å². The molecule has 38 heavy (non-hydrogen) atoms. The molecule has 0 radical (unpaired) electrons. The van der Waals surface area contributed by atoms with Crippen molar-refractivity contribution in [2.45, 2.75) is 31.1 Å². The fourth-order valence-corrected chi connectivity index (χ4v) is 6.06. The number of nitrogens with one attached hydrogen (secondary N) is 1. The number of thiophene rings is 1. The average molecular weight is 562 g/mol. The van der Waals surface area contributed by atoms with Crippen molar-refractivity contribution >= 4 is 52.5 Å². The first-order valence-electron chi connectivity index (χ1n) is 11.3. The molecule has 2 aliphatic rings. The van der Waals surface area contributed by atoms with Crippen LogP contribution < -0.4 is 5.32 Å². The maximum Gasteiger partial charge on any atom is 0.355 e. The average Bonchev–Trinajstić information content (AvgIpc) is 3.41. The number of non-ortho nitro benzene ring substituents is 1. The maximum absolute atomic E-state index is 13.3. The lowest BCUT2D eigenvalue weighted by Gasteiger charge is -2.57. The van der Waals surface area contributed by atoms with Gasteiger partial charge < -0.3 is 19.5 Å². The van der Waals surface area contributed by atoms with Crippen molar-refractivity contribution < 1.29 is 38.3 Å². The second-order valence-corrected chi connectivity index (χ2v) is 10.5. The first-order chi connectivity index (χ1) is 18.2. The number of nitrogens with zero attached hydrogens (tertiary/aromatic N) is 2. The van der Waals surface area contributed by atoms with Crippen LogP contribution in [-0.2, 0) is 46.4 Å². The smallest absolute Gasteiger partial charge is 0.355 e. The molecule has 1 saturated heterocycles. The summed E-state index contributed by atoms with van der Waals surface area (Å²) in [5.41, 5.74) is 0.577. The van der Waals surface area contributed by atoms with Crippen LogP contribution in [0.5, 0.6) is 0 Å². The highest BCUT2D eigenvalue weighted by molar-refractivity contribution is 8.00. The molecule has 0 aliphatic carbocycles. The van der Waals surface area contributed by atoms with Crippen LogP contribution in [0.2, 0.25) is 0 Å². The summed E-state index contributed by atoms with van der Waals surface area (Å²) < 4.78 is 16.2.